The number of benzene rings is 2. The molecule has 13 heteroatoms. The first kappa shape index (κ1) is 25.2. The Morgan fingerprint density at radius 3 is 2.56 bits per heavy atom. The highest BCUT2D eigenvalue weighted by molar-refractivity contribution is 7.86. The Morgan fingerprint density at radius 2 is 1.88 bits per heavy atom. The maximum absolute atomic E-state index is 12.6. The highest BCUT2D eigenvalue weighted by atomic mass is 32.2. The van der Waals surface area contributed by atoms with Gasteiger partial charge >= 0.3 is 6.09 Å². The number of nitrogens with zero attached hydrogens (tertiary/aromatic N) is 3. The molecule has 1 heterocycles. The van der Waals surface area contributed by atoms with Crippen LogP contribution in [0.1, 0.15) is 37.8 Å². The molecule has 0 saturated heterocycles. The van der Waals surface area contributed by atoms with Crippen LogP contribution in [0.25, 0.3) is 10.6 Å². The topological polar surface area (TPSA) is 151 Å². The van der Waals surface area contributed by atoms with Gasteiger partial charge in [0.15, 0.2) is 0 Å². The Bertz CT molecular complexity index is 1260. The van der Waals surface area contributed by atoms with E-state index >= 15 is 0 Å². The number of unbranched alkanes of at least 4 members (excludes halogenated alkanes) is 1. The Kier molecular flexibility index (Phi) is 8.26. The molecule has 0 fully saturated rings. The summed E-state index contributed by atoms with van der Waals surface area (Å²) in [6.45, 7) is 3.81. The second-order valence-corrected chi connectivity index (χ2v) is 9.63. The van der Waals surface area contributed by atoms with Gasteiger partial charge in [0.05, 0.1) is 22.1 Å². The fourth-order valence-corrected chi connectivity index (χ4v) is 4.74. The summed E-state index contributed by atoms with van der Waals surface area (Å²) in [4.78, 5) is 22.0. The zero-order valence-corrected chi connectivity index (χ0v) is 20.0. The molecule has 3 aromatic rings. The minimum atomic E-state index is -4.20. The van der Waals surface area contributed by atoms with Gasteiger partial charge in [-0.05, 0) is 37.6 Å². The number of hydrogen-bond donors (Lipinski definition) is 1. The fraction of sp³-hybridized carbons (Fsp3) is 0.286. The minimum absolute atomic E-state index is 0.217. The van der Waals surface area contributed by atoms with E-state index in [1.54, 1.807) is 24.3 Å². The lowest BCUT2D eigenvalue weighted by molar-refractivity contribution is -0.384. The maximum atomic E-state index is 12.6. The number of nitro benzene ring substituents is 1. The van der Waals surface area contributed by atoms with E-state index in [0.29, 0.717) is 27.9 Å². The monoisotopic (exact) mass is 506 g/mol. The molecule has 1 unspecified atom stereocenters. The molecular formula is C21H22N4O7S2. The number of para-hydroxylation sites is 1. The van der Waals surface area contributed by atoms with Crippen molar-refractivity contribution in [3.63, 3.8) is 0 Å². The van der Waals surface area contributed by atoms with Gasteiger partial charge < -0.3 is 4.74 Å². The van der Waals surface area contributed by atoms with Crippen LogP contribution in [-0.4, -0.2) is 36.2 Å². The first-order chi connectivity index (χ1) is 16.2. The molecule has 0 aliphatic carbocycles. The number of carbonyl (C=O) groups excluding carboxylic acids is 1. The van der Waals surface area contributed by atoms with Crippen LogP contribution in [0, 0.1) is 10.1 Å². The summed E-state index contributed by atoms with van der Waals surface area (Å²) in [6, 6.07) is 11.3. The zero-order chi connectivity index (χ0) is 24.7. The molecule has 1 amide bonds. The van der Waals surface area contributed by atoms with E-state index in [1.165, 1.54) is 6.92 Å². The molecule has 0 aliphatic heterocycles. The van der Waals surface area contributed by atoms with Crippen molar-refractivity contribution in [1.82, 2.24) is 10.2 Å². The number of rotatable bonds is 10. The third-order valence-corrected chi connectivity index (χ3v) is 7.03. The summed E-state index contributed by atoms with van der Waals surface area (Å²) >= 11 is 1.11. The molecule has 0 aliphatic rings. The highest BCUT2D eigenvalue weighted by Gasteiger charge is 2.24. The van der Waals surface area contributed by atoms with Crippen LogP contribution in [0.15, 0.2) is 53.4 Å². The Labute approximate surface area is 200 Å². The van der Waals surface area contributed by atoms with Gasteiger partial charge in [-0.1, -0.05) is 36.8 Å². The van der Waals surface area contributed by atoms with Crippen LogP contribution in [-0.2, 0) is 19.0 Å². The number of carbonyl (C=O) groups is 1. The standard InChI is InChI=1S/C21H22N4O7S2/c1-3-4-13-31-21(26)22-18-8-6-5-7-17(18)20-24-23-19(33-20)14(2)32-34(29,30)16-11-9-15(10-12-16)25(27)28/h5-12,14H,3-4,13H2,1-2H3,(H,22,26). The van der Waals surface area contributed by atoms with Gasteiger partial charge in [0.1, 0.15) is 16.1 Å². The summed E-state index contributed by atoms with van der Waals surface area (Å²) < 4.78 is 35.5. The molecule has 1 aromatic heterocycles. The number of ether oxygens (including phenoxy) is 1. The fourth-order valence-electron chi connectivity index (χ4n) is 2.76. The van der Waals surface area contributed by atoms with Crippen LogP contribution in [0.4, 0.5) is 16.2 Å². The van der Waals surface area contributed by atoms with Crippen molar-refractivity contribution >= 4 is 38.9 Å². The first-order valence-corrected chi connectivity index (χ1v) is 12.5. The number of non-ortho nitro benzene ring substituents is 1. The highest BCUT2D eigenvalue weighted by Crippen LogP contribution is 2.34. The average Bonchev–Trinajstić information content (AvgIpc) is 3.30. The summed E-state index contributed by atoms with van der Waals surface area (Å²) in [5.41, 5.74) is 0.824. The molecule has 180 valence electrons. The van der Waals surface area contributed by atoms with Gasteiger partial charge in [-0.3, -0.25) is 19.6 Å². The smallest absolute Gasteiger partial charge is 0.411 e. The van der Waals surface area contributed by atoms with E-state index in [1.807, 2.05) is 6.92 Å². The van der Waals surface area contributed by atoms with E-state index < -0.39 is 27.2 Å². The lowest BCUT2D eigenvalue weighted by Gasteiger charge is -2.10. The number of nitro groups is 1. The van der Waals surface area contributed by atoms with Gasteiger partial charge in [-0.15, -0.1) is 10.2 Å². The zero-order valence-electron chi connectivity index (χ0n) is 18.3. The van der Waals surface area contributed by atoms with Gasteiger partial charge in [0.25, 0.3) is 15.8 Å². The second kappa shape index (κ2) is 11.1. The van der Waals surface area contributed by atoms with Gasteiger partial charge in [0.2, 0.25) is 0 Å². The lowest BCUT2D eigenvalue weighted by atomic mass is 10.2. The summed E-state index contributed by atoms with van der Waals surface area (Å²) in [6.07, 6.45) is 0.106. The molecule has 0 radical (unpaired) electrons. The van der Waals surface area contributed by atoms with E-state index in [-0.39, 0.29) is 10.6 Å². The van der Waals surface area contributed by atoms with Crippen molar-refractivity contribution in [2.75, 3.05) is 11.9 Å². The maximum Gasteiger partial charge on any atom is 0.411 e. The minimum Gasteiger partial charge on any atom is -0.449 e. The van der Waals surface area contributed by atoms with Gasteiger partial charge in [-0.2, -0.15) is 8.42 Å². The molecule has 3 rings (SSSR count). The Balaban J connectivity index is 1.74. The quantitative estimate of drug-likeness (QED) is 0.175. The average molecular weight is 507 g/mol. The van der Waals surface area contributed by atoms with E-state index in [2.05, 4.69) is 15.5 Å². The first-order valence-electron chi connectivity index (χ1n) is 10.3. The summed E-state index contributed by atoms with van der Waals surface area (Å²) in [7, 11) is -4.20. The van der Waals surface area contributed by atoms with Crippen molar-refractivity contribution in [3.8, 4) is 10.6 Å². The van der Waals surface area contributed by atoms with Crippen molar-refractivity contribution in [3.05, 3.63) is 63.7 Å². The van der Waals surface area contributed by atoms with Gasteiger partial charge in [-0.25, -0.2) is 4.79 Å². The molecule has 0 bridgehead atoms. The van der Waals surface area contributed by atoms with Crippen molar-refractivity contribution in [2.24, 2.45) is 0 Å². The van der Waals surface area contributed by atoms with Crippen LogP contribution in [0.5, 0.6) is 0 Å². The summed E-state index contributed by atoms with van der Waals surface area (Å²) in [5.74, 6) is 0. The number of aromatic nitrogens is 2. The van der Waals surface area contributed by atoms with Crippen LogP contribution in [0.3, 0.4) is 0 Å². The largest absolute Gasteiger partial charge is 0.449 e. The molecule has 1 atom stereocenters. The normalized spacial score (nSPS) is 12.2. The van der Waals surface area contributed by atoms with Crippen LogP contribution in [0.2, 0.25) is 0 Å². The SMILES string of the molecule is CCCCOC(=O)Nc1ccccc1-c1nnc(C(C)OS(=O)(=O)c2ccc([N+](=O)[O-])cc2)s1. The van der Waals surface area contributed by atoms with Crippen molar-refractivity contribution in [2.45, 2.75) is 37.7 Å². The molecule has 1 N–H and O–H groups in total. The number of nitrogens with one attached hydrogen (secondary N) is 1. The van der Waals surface area contributed by atoms with E-state index in [4.69, 9.17) is 8.92 Å². The van der Waals surface area contributed by atoms with Crippen LogP contribution < -0.4 is 5.32 Å². The van der Waals surface area contributed by atoms with E-state index in [9.17, 15) is 23.3 Å². The van der Waals surface area contributed by atoms with E-state index in [0.717, 1.165) is 48.4 Å². The lowest BCUT2D eigenvalue weighted by Crippen LogP contribution is -2.14. The number of anilines is 1. The molecule has 0 spiro atoms. The molecule has 11 nitrogen and oxygen atoms in total. The van der Waals surface area contributed by atoms with Gasteiger partial charge in [0, 0.05) is 17.7 Å². The molecule has 2 aromatic carbocycles. The van der Waals surface area contributed by atoms with Crippen molar-refractivity contribution in [1.29, 1.82) is 0 Å². The Morgan fingerprint density at radius 1 is 1.18 bits per heavy atom. The molecule has 34 heavy (non-hydrogen) atoms. The van der Waals surface area contributed by atoms with Crippen LogP contribution >= 0.6 is 11.3 Å². The Hall–Kier alpha value is -3.42. The second-order valence-electron chi connectivity index (χ2n) is 7.05. The number of hydrogen-bond acceptors (Lipinski definition) is 10. The third-order valence-electron chi connectivity index (χ3n) is 4.52. The predicted octanol–water partition coefficient (Wildman–Crippen LogP) is 4.93. The predicted molar refractivity (Wildman–Crippen MR) is 125 cm³/mol. The third kappa shape index (κ3) is 6.34. The van der Waals surface area contributed by atoms with Crippen molar-refractivity contribution < 1.29 is 27.1 Å². The molecule has 0 saturated carbocycles. The molecular weight excluding hydrogens is 484 g/mol. The summed E-state index contributed by atoms with van der Waals surface area (Å²) in [5, 5.41) is 22.3. The number of amides is 1.